The number of benzene rings is 2. The number of halogens is 2. The van der Waals surface area contributed by atoms with Gasteiger partial charge in [0, 0.05) is 24.7 Å². The van der Waals surface area contributed by atoms with E-state index >= 15 is 0 Å². The van der Waals surface area contributed by atoms with E-state index in [9.17, 15) is 13.6 Å². The van der Waals surface area contributed by atoms with Crippen molar-refractivity contribution in [1.82, 2.24) is 0 Å². The molecule has 5 heteroatoms. The van der Waals surface area contributed by atoms with Crippen molar-refractivity contribution < 1.29 is 13.6 Å². The van der Waals surface area contributed by atoms with Gasteiger partial charge in [0.2, 0.25) is 5.91 Å². The van der Waals surface area contributed by atoms with Crippen molar-refractivity contribution in [2.24, 2.45) is 0 Å². The summed E-state index contributed by atoms with van der Waals surface area (Å²) in [7, 11) is 0. The van der Waals surface area contributed by atoms with Crippen LogP contribution in [0.5, 0.6) is 0 Å². The van der Waals surface area contributed by atoms with E-state index in [1.165, 1.54) is 11.6 Å². The Hall–Kier alpha value is -2.43. The Morgan fingerprint density at radius 1 is 1.17 bits per heavy atom. The van der Waals surface area contributed by atoms with Gasteiger partial charge in [-0.25, -0.2) is 8.78 Å². The van der Waals surface area contributed by atoms with E-state index < -0.39 is 11.6 Å². The van der Waals surface area contributed by atoms with Crippen LogP contribution in [0.1, 0.15) is 24.5 Å². The number of nitrogens with one attached hydrogen (secondary N) is 2. The Labute approximate surface area is 134 Å². The maximum Gasteiger partial charge on any atom is 0.226 e. The van der Waals surface area contributed by atoms with Crippen LogP contribution in [0.25, 0.3) is 0 Å². The van der Waals surface area contributed by atoms with E-state index in [1.54, 1.807) is 0 Å². The van der Waals surface area contributed by atoms with Gasteiger partial charge >= 0.3 is 0 Å². The SMILES string of the molecule is CCc1cccc(C)c1NCCC(=O)Nc1ccc(F)cc1F. The van der Waals surface area contributed by atoms with Crippen LogP contribution in [-0.2, 0) is 11.2 Å². The minimum Gasteiger partial charge on any atom is -0.384 e. The van der Waals surface area contributed by atoms with Crippen LogP contribution in [0.3, 0.4) is 0 Å². The lowest BCUT2D eigenvalue weighted by atomic mass is 10.1. The number of para-hydroxylation sites is 1. The van der Waals surface area contributed by atoms with Crippen molar-refractivity contribution in [3.63, 3.8) is 0 Å². The number of hydrogen-bond acceptors (Lipinski definition) is 2. The Kier molecular flexibility index (Phi) is 5.68. The summed E-state index contributed by atoms with van der Waals surface area (Å²) in [5.41, 5.74) is 3.33. The number of hydrogen-bond donors (Lipinski definition) is 2. The third kappa shape index (κ3) is 4.52. The first-order chi connectivity index (χ1) is 11.0. The molecule has 2 N–H and O–H groups in total. The first-order valence-electron chi connectivity index (χ1n) is 7.58. The molecule has 122 valence electrons. The van der Waals surface area contributed by atoms with Crippen LogP contribution < -0.4 is 10.6 Å². The van der Waals surface area contributed by atoms with Gasteiger partial charge in [0.15, 0.2) is 0 Å². The zero-order valence-electron chi connectivity index (χ0n) is 13.2. The highest BCUT2D eigenvalue weighted by Gasteiger charge is 2.09. The van der Waals surface area contributed by atoms with Crippen molar-refractivity contribution in [3.05, 3.63) is 59.2 Å². The Morgan fingerprint density at radius 2 is 1.96 bits per heavy atom. The predicted octanol–water partition coefficient (Wildman–Crippen LogP) is 4.28. The van der Waals surface area contributed by atoms with Gasteiger partial charge in [0.1, 0.15) is 11.6 Å². The molecule has 2 aromatic carbocycles. The smallest absolute Gasteiger partial charge is 0.226 e. The fraction of sp³-hybridized carbons (Fsp3) is 0.278. The van der Waals surface area contributed by atoms with Crippen molar-refractivity contribution in [3.8, 4) is 0 Å². The van der Waals surface area contributed by atoms with E-state index in [2.05, 4.69) is 17.6 Å². The molecule has 0 atom stereocenters. The van der Waals surface area contributed by atoms with Gasteiger partial charge < -0.3 is 10.6 Å². The summed E-state index contributed by atoms with van der Waals surface area (Å²) in [6.07, 6.45) is 1.09. The Morgan fingerprint density at radius 3 is 2.65 bits per heavy atom. The highest BCUT2D eigenvalue weighted by atomic mass is 19.1. The van der Waals surface area contributed by atoms with Crippen molar-refractivity contribution in [1.29, 1.82) is 0 Å². The van der Waals surface area contributed by atoms with Crippen LogP contribution in [0, 0.1) is 18.6 Å². The molecule has 0 fully saturated rings. The molecule has 0 aromatic heterocycles. The lowest BCUT2D eigenvalue weighted by molar-refractivity contribution is -0.116. The van der Waals surface area contributed by atoms with Crippen molar-refractivity contribution >= 4 is 17.3 Å². The highest BCUT2D eigenvalue weighted by Crippen LogP contribution is 2.21. The molecule has 0 spiro atoms. The largest absolute Gasteiger partial charge is 0.384 e. The predicted molar refractivity (Wildman–Crippen MR) is 88.7 cm³/mol. The molecule has 1 amide bonds. The summed E-state index contributed by atoms with van der Waals surface area (Å²) in [4.78, 5) is 11.9. The number of anilines is 2. The van der Waals surface area contributed by atoms with E-state index in [0.717, 1.165) is 29.8 Å². The maximum atomic E-state index is 13.5. The first-order valence-corrected chi connectivity index (χ1v) is 7.58. The molecule has 2 aromatic rings. The molecule has 0 aliphatic heterocycles. The molecule has 0 radical (unpaired) electrons. The molecule has 0 saturated carbocycles. The van der Waals surface area contributed by atoms with E-state index in [0.29, 0.717) is 6.54 Å². The third-order valence-electron chi connectivity index (χ3n) is 3.60. The molecule has 0 aliphatic carbocycles. The molecule has 3 nitrogen and oxygen atoms in total. The average Bonchev–Trinajstić information content (AvgIpc) is 2.51. The fourth-order valence-electron chi connectivity index (χ4n) is 2.38. The van der Waals surface area contributed by atoms with Gasteiger partial charge in [-0.2, -0.15) is 0 Å². The summed E-state index contributed by atoms with van der Waals surface area (Å²) in [5, 5.41) is 5.70. The maximum absolute atomic E-state index is 13.5. The van der Waals surface area contributed by atoms with E-state index in [4.69, 9.17) is 0 Å². The minimum atomic E-state index is -0.779. The molecule has 0 saturated heterocycles. The molecule has 0 aliphatic rings. The summed E-state index contributed by atoms with van der Waals surface area (Å²) < 4.78 is 26.3. The quantitative estimate of drug-likeness (QED) is 0.835. The molecule has 2 rings (SSSR count). The topological polar surface area (TPSA) is 41.1 Å². The van der Waals surface area contributed by atoms with Gasteiger partial charge in [0.05, 0.1) is 5.69 Å². The number of aryl methyl sites for hydroxylation is 2. The van der Waals surface area contributed by atoms with Gasteiger partial charge in [-0.1, -0.05) is 25.1 Å². The van der Waals surface area contributed by atoms with Crippen LogP contribution in [0.4, 0.5) is 20.2 Å². The summed E-state index contributed by atoms with van der Waals surface area (Å²) >= 11 is 0. The second-order valence-corrected chi connectivity index (χ2v) is 5.31. The zero-order valence-corrected chi connectivity index (χ0v) is 13.2. The first kappa shape index (κ1) is 16.9. The molecular weight excluding hydrogens is 298 g/mol. The summed E-state index contributed by atoms with van der Waals surface area (Å²) in [6, 6.07) is 9.13. The van der Waals surface area contributed by atoms with E-state index in [1.807, 2.05) is 25.1 Å². The Balaban J connectivity index is 1.90. The normalized spacial score (nSPS) is 10.4. The second-order valence-electron chi connectivity index (χ2n) is 5.31. The second kappa shape index (κ2) is 7.72. The van der Waals surface area contributed by atoms with Gasteiger partial charge in [-0.3, -0.25) is 4.79 Å². The molecular formula is C18H20F2N2O. The average molecular weight is 318 g/mol. The van der Waals surface area contributed by atoms with Gasteiger partial charge in [-0.15, -0.1) is 0 Å². The van der Waals surface area contributed by atoms with E-state index in [-0.39, 0.29) is 18.0 Å². The summed E-state index contributed by atoms with van der Waals surface area (Å²) in [6.45, 7) is 4.52. The summed E-state index contributed by atoms with van der Waals surface area (Å²) in [5.74, 6) is -1.78. The number of carbonyl (C=O) groups is 1. The van der Waals surface area contributed by atoms with Gasteiger partial charge in [0.25, 0.3) is 0 Å². The number of amides is 1. The van der Waals surface area contributed by atoms with Crippen LogP contribution in [0.15, 0.2) is 36.4 Å². The zero-order chi connectivity index (χ0) is 16.8. The highest BCUT2D eigenvalue weighted by molar-refractivity contribution is 5.91. The number of carbonyl (C=O) groups excluding carboxylic acids is 1. The van der Waals surface area contributed by atoms with Crippen molar-refractivity contribution in [2.75, 3.05) is 17.2 Å². The molecule has 0 bridgehead atoms. The lowest BCUT2D eigenvalue weighted by Gasteiger charge is -2.14. The van der Waals surface area contributed by atoms with Crippen LogP contribution in [0.2, 0.25) is 0 Å². The standard InChI is InChI=1S/C18H20F2N2O/c1-3-13-6-4-5-12(2)18(13)21-10-9-17(23)22-16-8-7-14(19)11-15(16)20/h4-8,11,21H,3,9-10H2,1-2H3,(H,22,23). The molecule has 0 unspecified atom stereocenters. The van der Waals surface area contributed by atoms with Gasteiger partial charge in [-0.05, 0) is 36.6 Å². The van der Waals surface area contributed by atoms with Crippen molar-refractivity contribution in [2.45, 2.75) is 26.7 Å². The number of rotatable bonds is 6. The minimum absolute atomic E-state index is 0.0125. The third-order valence-corrected chi connectivity index (χ3v) is 3.60. The Bertz CT molecular complexity index is 701. The lowest BCUT2D eigenvalue weighted by Crippen LogP contribution is -2.17. The van der Waals surface area contributed by atoms with Crippen LogP contribution in [-0.4, -0.2) is 12.5 Å². The molecule has 0 heterocycles. The monoisotopic (exact) mass is 318 g/mol. The van der Waals surface area contributed by atoms with Crippen LogP contribution >= 0.6 is 0 Å². The fourth-order valence-corrected chi connectivity index (χ4v) is 2.38. The molecule has 23 heavy (non-hydrogen) atoms.